The molecule has 1 unspecified atom stereocenters. The summed E-state index contributed by atoms with van der Waals surface area (Å²) in [5.41, 5.74) is 0.355. The van der Waals surface area contributed by atoms with Gasteiger partial charge in [-0.25, -0.2) is 4.39 Å². The second-order valence-electron chi connectivity index (χ2n) is 3.50. The van der Waals surface area contributed by atoms with E-state index in [1.165, 1.54) is 24.3 Å². The largest absolute Gasteiger partial charge is 0.325 e. The van der Waals surface area contributed by atoms with Crippen LogP contribution in [0.1, 0.15) is 0 Å². The van der Waals surface area contributed by atoms with Gasteiger partial charge in [-0.3, -0.25) is 14.4 Å². The van der Waals surface area contributed by atoms with E-state index in [4.69, 9.17) is 0 Å². The lowest BCUT2D eigenvalue weighted by atomic mass is 10.1. The van der Waals surface area contributed by atoms with Gasteiger partial charge < -0.3 is 5.32 Å². The molecule has 0 aliphatic carbocycles. The number of amides is 1. The van der Waals surface area contributed by atoms with Crippen LogP contribution in [0.3, 0.4) is 0 Å². The molecule has 0 spiro atoms. The molecule has 1 atom stereocenters. The zero-order chi connectivity index (χ0) is 12.4. The second kappa shape index (κ2) is 4.67. The lowest BCUT2D eigenvalue weighted by molar-refractivity contribution is -0.133. The molecular weight excluding hydrogens is 245 g/mol. The highest BCUT2D eigenvalue weighted by molar-refractivity contribution is 8.15. The Bertz CT molecular complexity index is 470. The quantitative estimate of drug-likeness (QED) is 0.805. The van der Waals surface area contributed by atoms with E-state index >= 15 is 0 Å². The number of hydrogen-bond donors (Lipinski definition) is 1. The summed E-state index contributed by atoms with van der Waals surface area (Å²) in [6, 6.07) is 5.10. The standard InChI is InChI=1S/C11H8FNO3S/c12-6-1-3-7(4-2-6)13-10(15)9-8(14)5-17-11(9)16/h1-4,9H,5H2,(H,13,15). The van der Waals surface area contributed by atoms with Crippen molar-refractivity contribution in [2.24, 2.45) is 5.92 Å². The maximum atomic E-state index is 12.6. The molecule has 1 aliphatic rings. The summed E-state index contributed by atoms with van der Waals surface area (Å²) in [5.74, 6) is -2.66. The summed E-state index contributed by atoms with van der Waals surface area (Å²) >= 11 is 0.846. The van der Waals surface area contributed by atoms with Gasteiger partial charge in [0.15, 0.2) is 11.7 Å². The number of rotatable bonds is 2. The first kappa shape index (κ1) is 11.8. The second-order valence-corrected chi connectivity index (χ2v) is 4.48. The lowest BCUT2D eigenvalue weighted by Gasteiger charge is -2.07. The van der Waals surface area contributed by atoms with E-state index < -0.39 is 22.8 Å². The average molecular weight is 253 g/mol. The molecule has 1 aromatic carbocycles. The predicted molar refractivity (Wildman–Crippen MR) is 61.0 cm³/mol. The Kier molecular flexibility index (Phi) is 3.23. The SMILES string of the molecule is O=C1CSC(=O)C1C(=O)Nc1ccc(F)cc1. The first-order valence-corrected chi connectivity index (χ1v) is 5.82. The number of hydrogen-bond acceptors (Lipinski definition) is 4. The fourth-order valence-corrected chi connectivity index (χ4v) is 2.30. The highest BCUT2D eigenvalue weighted by Gasteiger charge is 2.39. The summed E-state index contributed by atoms with van der Waals surface area (Å²) in [4.78, 5) is 34.3. The fraction of sp³-hybridized carbons (Fsp3) is 0.182. The molecule has 2 rings (SSSR count). The molecule has 88 valence electrons. The van der Waals surface area contributed by atoms with Gasteiger partial charge in [-0.05, 0) is 24.3 Å². The van der Waals surface area contributed by atoms with Gasteiger partial charge in [0, 0.05) is 5.69 Å². The summed E-state index contributed by atoms with van der Waals surface area (Å²) in [5, 5.41) is 1.98. The Hall–Kier alpha value is -1.69. The molecule has 1 amide bonds. The zero-order valence-corrected chi connectivity index (χ0v) is 9.42. The highest BCUT2D eigenvalue weighted by atomic mass is 32.2. The van der Waals surface area contributed by atoms with Crippen molar-refractivity contribution in [3.05, 3.63) is 30.1 Å². The van der Waals surface area contributed by atoms with Crippen LogP contribution in [-0.4, -0.2) is 22.6 Å². The smallest absolute Gasteiger partial charge is 0.243 e. The van der Waals surface area contributed by atoms with Crippen molar-refractivity contribution in [2.75, 3.05) is 11.1 Å². The van der Waals surface area contributed by atoms with Crippen LogP contribution >= 0.6 is 11.8 Å². The van der Waals surface area contributed by atoms with Crippen molar-refractivity contribution >= 4 is 34.3 Å². The van der Waals surface area contributed by atoms with E-state index in [-0.39, 0.29) is 11.5 Å². The van der Waals surface area contributed by atoms with Crippen LogP contribution < -0.4 is 5.32 Å². The van der Waals surface area contributed by atoms with E-state index in [9.17, 15) is 18.8 Å². The topological polar surface area (TPSA) is 63.2 Å². The van der Waals surface area contributed by atoms with Crippen LogP contribution in [0.5, 0.6) is 0 Å². The third-order valence-electron chi connectivity index (χ3n) is 2.29. The van der Waals surface area contributed by atoms with Gasteiger partial charge in [-0.2, -0.15) is 0 Å². The van der Waals surface area contributed by atoms with E-state index in [2.05, 4.69) is 5.32 Å². The maximum absolute atomic E-state index is 12.6. The molecular formula is C11H8FNO3S. The number of benzene rings is 1. The number of carbonyl (C=O) groups excluding carboxylic acids is 3. The van der Waals surface area contributed by atoms with Crippen LogP contribution in [0, 0.1) is 11.7 Å². The number of anilines is 1. The molecule has 1 aliphatic heterocycles. The Morgan fingerprint density at radius 1 is 1.29 bits per heavy atom. The first-order chi connectivity index (χ1) is 8.08. The van der Waals surface area contributed by atoms with Crippen LogP contribution in [-0.2, 0) is 14.4 Å². The van der Waals surface area contributed by atoms with E-state index in [1.807, 2.05) is 0 Å². The van der Waals surface area contributed by atoms with Gasteiger partial charge in [0.1, 0.15) is 5.82 Å². The number of ketones is 1. The lowest BCUT2D eigenvalue weighted by Crippen LogP contribution is -2.30. The van der Waals surface area contributed by atoms with Crippen molar-refractivity contribution < 1.29 is 18.8 Å². The minimum Gasteiger partial charge on any atom is -0.325 e. The molecule has 0 aromatic heterocycles. The minimum atomic E-state index is -1.23. The van der Waals surface area contributed by atoms with Gasteiger partial charge in [-0.1, -0.05) is 11.8 Å². The van der Waals surface area contributed by atoms with Gasteiger partial charge in [0.05, 0.1) is 5.75 Å². The molecule has 6 heteroatoms. The van der Waals surface area contributed by atoms with E-state index in [0.717, 1.165) is 11.8 Å². The fourth-order valence-electron chi connectivity index (χ4n) is 1.44. The Balaban J connectivity index is 2.09. The van der Waals surface area contributed by atoms with Gasteiger partial charge >= 0.3 is 0 Å². The third kappa shape index (κ3) is 2.52. The Morgan fingerprint density at radius 2 is 1.94 bits per heavy atom. The molecule has 4 nitrogen and oxygen atoms in total. The van der Waals surface area contributed by atoms with Crippen molar-refractivity contribution in [3.8, 4) is 0 Å². The number of carbonyl (C=O) groups is 3. The van der Waals surface area contributed by atoms with Crippen molar-refractivity contribution in [1.29, 1.82) is 0 Å². The van der Waals surface area contributed by atoms with Crippen molar-refractivity contribution in [3.63, 3.8) is 0 Å². The first-order valence-electron chi connectivity index (χ1n) is 4.84. The molecule has 1 N–H and O–H groups in total. The van der Waals surface area contributed by atoms with E-state index in [0.29, 0.717) is 5.69 Å². The number of thioether (sulfide) groups is 1. The van der Waals surface area contributed by atoms with Crippen LogP contribution in [0.2, 0.25) is 0 Å². The molecule has 0 radical (unpaired) electrons. The predicted octanol–water partition coefficient (Wildman–Crippen LogP) is 1.22. The molecule has 17 heavy (non-hydrogen) atoms. The normalized spacial score (nSPS) is 19.5. The van der Waals surface area contributed by atoms with Crippen LogP contribution in [0.4, 0.5) is 10.1 Å². The molecule has 1 fully saturated rings. The summed E-state index contributed by atoms with van der Waals surface area (Å²) in [6.45, 7) is 0. The summed E-state index contributed by atoms with van der Waals surface area (Å²) in [6.07, 6.45) is 0. The van der Waals surface area contributed by atoms with Crippen LogP contribution in [0.25, 0.3) is 0 Å². The summed E-state index contributed by atoms with van der Waals surface area (Å²) < 4.78 is 12.6. The van der Waals surface area contributed by atoms with E-state index in [1.54, 1.807) is 0 Å². The molecule has 1 saturated heterocycles. The maximum Gasteiger partial charge on any atom is 0.243 e. The molecule has 1 heterocycles. The number of halogens is 1. The van der Waals surface area contributed by atoms with Crippen LogP contribution in [0.15, 0.2) is 24.3 Å². The third-order valence-corrected chi connectivity index (χ3v) is 3.24. The van der Waals surface area contributed by atoms with Gasteiger partial charge in [0.2, 0.25) is 11.0 Å². The Morgan fingerprint density at radius 3 is 2.47 bits per heavy atom. The van der Waals surface area contributed by atoms with Gasteiger partial charge in [-0.15, -0.1) is 0 Å². The molecule has 0 saturated carbocycles. The molecule has 1 aromatic rings. The Labute approximate surface area is 101 Å². The molecule has 0 bridgehead atoms. The summed E-state index contributed by atoms with van der Waals surface area (Å²) in [7, 11) is 0. The van der Waals surface area contributed by atoms with Crippen molar-refractivity contribution in [1.82, 2.24) is 0 Å². The number of Topliss-reactive ketones (excluding diaryl/α,β-unsaturated/α-hetero) is 1. The average Bonchev–Trinajstić information content (AvgIpc) is 2.62. The number of nitrogens with one attached hydrogen (secondary N) is 1. The zero-order valence-electron chi connectivity index (χ0n) is 8.60. The van der Waals surface area contributed by atoms with Crippen molar-refractivity contribution in [2.45, 2.75) is 0 Å². The monoisotopic (exact) mass is 253 g/mol. The van der Waals surface area contributed by atoms with Gasteiger partial charge in [0.25, 0.3) is 0 Å². The highest BCUT2D eigenvalue weighted by Crippen LogP contribution is 2.23. The minimum absolute atomic E-state index is 0.0420.